The lowest BCUT2D eigenvalue weighted by Gasteiger charge is -2.14. The van der Waals surface area contributed by atoms with Crippen molar-refractivity contribution in [3.8, 4) is 0 Å². The van der Waals surface area contributed by atoms with Gasteiger partial charge in [0.2, 0.25) is 0 Å². The van der Waals surface area contributed by atoms with Gasteiger partial charge in [-0.1, -0.05) is 180 Å². The van der Waals surface area contributed by atoms with Crippen LogP contribution in [0.15, 0.2) is 24.3 Å². The molecule has 1 atom stereocenters. The van der Waals surface area contributed by atoms with Crippen LogP contribution in [0.2, 0.25) is 0 Å². The zero-order valence-corrected chi connectivity index (χ0v) is 30.2. The van der Waals surface area contributed by atoms with Crippen LogP contribution in [-0.2, 0) is 14.3 Å². The van der Waals surface area contributed by atoms with Crippen LogP contribution < -0.4 is 0 Å². The Labute approximate surface area is 280 Å². The molecule has 4 nitrogen and oxygen atoms in total. The highest BCUT2D eigenvalue weighted by Crippen LogP contribution is 2.16. The van der Waals surface area contributed by atoms with E-state index in [2.05, 4.69) is 38.2 Å². The predicted molar refractivity (Wildman–Crippen MR) is 195 cm³/mol. The molecule has 0 saturated heterocycles. The van der Waals surface area contributed by atoms with Gasteiger partial charge in [0.1, 0.15) is 6.10 Å². The Hall–Kier alpha value is -1.58. The molecule has 45 heavy (non-hydrogen) atoms. The van der Waals surface area contributed by atoms with Crippen molar-refractivity contribution in [3.05, 3.63) is 24.3 Å². The maximum absolute atomic E-state index is 12.6. The molecule has 0 bridgehead atoms. The zero-order chi connectivity index (χ0) is 32.9. The van der Waals surface area contributed by atoms with Crippen molar-refractivity contribution >= 4 is 11.9 Å². The molecule has 1 unspecified atom stereocenters. The molecule has 0 aliphatic rings. The van der Waals surface area contributed by atoms with Crippen LogP contribution in [0, 0.1) is 0 Å². The van der Waals surface area contributed by atoms with Gasteiger partial charge < -0.3 is 9.84 Å². The highest BCUT2D eigenvalue weighted by molar-refractivity contribution is 5.69. The molecule has 0 amide bonds. The minimum atomic E-state index is -0.725. The zero-order valence-electron chi connectivity index (χ0n) is 30.2. The first-order valence-corrected chi connectivity index (χ1v) is 19.8. The molecule has 0 aromatic rings. The van der Waals surface area contributed by atoms with Crippen molar-refractivity contribution in [1.29, 1.82) is 0 Å². The van der Waals surface area contributed by atoms with Gasteiger partial charge in [0.15, 0.2) is 0 Å². The minimum Gasteiger partial charge on any atom is -0.481 e. The smallest absolute Gasteiger partial charge is 0.306 e. The van der Waals surface area contributed by atoms with Crippen LogP contribution in [0.4, 0.5) is 0 Å². The van der Waals surface area contributed by atoms with Gasteiger partial charge in [0.05, 0.1) is 0 Å². The topological polar surface area (TPSA) is 63.6 Å². The van der Waals surface area contributed by atoms with Crippen molar-refractivity contribution in [3.63, 3.8) is 0 Å². The highest BCUT2D eigenvalue weighted by Gasteiger charge is 2.11. The molecule has 0 aliphatic heterocycles. The number of esters is 1. The van der Waals surface area contributed by atoms with Gasteiger partial charge in [-0.15, -0.1) is 0 Å². The summed E-state index contributed by atoms with van der Waals surface area (Å²) in [7, 11) is 0. The number of hydrogen-bond acceptors (Lipinski definition) is 3. The number of carbonyl (C=O) groups excluding carboxylic acids is 1. The second-order valence-corrected chi connectivity index (χ2v) is 13.5. The fourth-order valence-corrected chi connectivity index (χ4v) is 5.96. The summed E-state index contributed by atoms with van der Waals surface area (Å²) in [6, 6.07) is 0. The monoisotopic (exact) mass is 633 g/mol. The molecule has 0 aromatic heterocycles. The van der Waals surface area contributed by atoms with Crippen LogP contribution in [0.5, 0.6) is 0 Å². The van der Waals surface area contributed by atoms with Crippen molar-refractivity contribution in [2.75, 3.05) is 0 Å². The van der Waals surface area contributed by atoms with E-state index in [1.54, 1.807) is 0 Å². The number of ether oxygens (including phenoxy) is 1. The van der Waals surface area contributed by atoms with Gasteiger partial charge in [-0.2, -0.15) is 0 Å². The van der Waals surface area contributed by atoms with E-state index in [4.69, 9.17) is 9.84 Å². The van der Waals surface area contributed by atoms with Crippen molar-refractivity contribution in [1.82, 2.24) is 0 Å². The molecule has 264 valence electrons. The van der Waals surface area contributed by atoms with Crippen LogP contribution >= 0.6 is 0 Å². The average molecular weight is 633 g/mol. The third-order valence-corrected chi connectivity index (χ3v) is 8.91. The predicted octanol–water partition coefficient (Wildman–Crippen LogP) is 13.6. The third kappa shape index (κ3) is 36.8. The maximum atomic E-state index is 12.6. The van der Waals surface area contributed by atoms with E-state index < -0.39 is 5.97 Å². The number of rotatable bonds is 36. The van der Waals surface area contributed by atoms with E-state index in [9.17, 15) is 9.59 Å². The van der Waals surface area contributed by atoms with Gasteiger partial charge in [-0.3, -0.25) is 9.59 Å². The lowest BCUT2D eigenvalue weighted by Crippen LogP contribution is -2.16. The van der Waals surface area contributed by atoms with Crippen molar-refractivity contribution in [2.45, 2.75) is 225 Å². The molecule has 0 radical (unpaired) electrons. The Kier molecular flexibility index (Phi) is 35.6. The Morgan fingerprint density at radius 1 is 0.511 bits per heavy atom. The van der Waals surface area contributed by atoms with E-state index in [0.29, 0.717) is 6.42 Å². The molecule has 4 heteroatoms. The molecule has 0 spiro atoms. The van der Waals surface area contributed by atoms with E-state index in [1.807, 2.05) is 0 Å². The van der Waals surface area contributed by atoms with Crippen molar-refractivity contribution < 1.29 is 19.4 Å². The molecule has 0 heterocycles. The quantitative estimate of drug-likeness (QED) is 0.0424. The normalized spacial score (nSPS) is 12.4. The molecule has 0 fully saturated rings. The summed E-state index contributed by atoms with van der Waals surface area (Å²) < 4.78 is 5.85. The molecule has 1 N–H and O–H groups in total. The first-order chi connectivity index (χ1) is 22.1. The van der Waals surface area contributed by atoms with E-state index in [0.717, 1.165) is 57.8 Å². The Bertz CT molecular complexity index is 683. The summed E-state index contributed by atoms with van der Waals surface area (Å²) in [4.78, 5) is 23.3. The number of aliphatic carboxylic acids is 1. The number of hydrogen-bond donors (Lipinski definition) is 1. The molecular formula is C41H76O4. The summed E-state index contributed by atoms with van der Waals surface area (Å²) in [5.41, 5.74) is 0. The number of carbonyl (C=O) groups is 2. The number of carboxylic acid groups (broad SMARTS) is 1. The number of allylic oxidation sites excluding steroid dienone is 3. The van der Waals surface area contributed by atoms with E-state index in [1.165, 1.54) is 135 Å². The summed E-state index contributed by atoms with van der Waals surface area (Å²) in [6.45, 7) is 4.51. The van der Waals surface area contributed by atoms with Gasteiger partial charge in [0.25, 0.3) is 0 Å². The summed E-state index contributed by atoms with van der Waals surface area (Å²) in [5, 5.41) is 8.81. The maximum Gasteiger partial charge on any atom is 0.306 e. The lowest BCUT2D eigenvalue weighted by atomic mass is 10.0. The number of carboxylic acids is 1. The first kappa shape index (κ1) is 43.4. The fraction of sp³-hybridized carbons (Fsp3) is 0.854. The second kappa shape index (κ2) is 36.9. The van der Waals surface area contributed by atoms with E-state index >= 15 is 0 Å². The van der Waals surface area contributed by atoms with Crippen molar-refractivity contribution in [2.24, 2.45) is 0 Å². The third-order valence-electron chi connectivity index (χ3n) is 8.91. The van der Waals surface area contributed by atoms with Crippen LogP contribution in [0.25, 0.3) is 0 Å². The van der Waals surface area contributed by atoms with E-state index in [-0.39, 0.29) is 18.5 Å². The average Bonchev–Trinajstić information content (AvgIpc) is 3.02. The molecule has 0 saturated carbocycles. The molecular weight excluding hydrogens is 556 g/mol. The summed E-state index contributed by atoms with van der Waals surface area (Å²) >= 11 is 0. The molecule has 0 aromatic carbocycles. The summed E-state index contributed by atoms with van der Waals surface area (Å²) in [5.74, 6) is -0.800. The lowest BCUT2D eigenvalue weighted by molar-refractivity contribution is -0.147. The van der Waals surface area contributed by atoms with Crippen LogP contribution in [0.3, 0.4) is 0 Å². The Morgan fingerprint density at radius 3 is 1.42 bits per heavy atom. The van der Waals surface area contributed by atoms with Gasteiger partial charge in [-0.25, -0.2) is 0 Å². The second-order valence-electron chi connectivity index (χ2n) is 13.5. The van der Waals surface area contributed by atoms with Gasteiger partial charge in [-0.05, 0) is 51.0 Å². The fourth-order valence-electron chi connectivity index (χ4n) is 5.96. The Morgan fingerprint density at radius 2 is 0.933 bits per heavy atom. The Balaban J connectivity index is 3.85. The molecule has 0 rings (SSSR count). The number of unbranched alkanes of at least 4 members (excludes halogenated alkanes) is 25. The minimum absolute atomic E-state index is 0.0759. The standard InChI is InChI=1S/C41H76O4/c1-3-5-7-9-11-13-14-15-16-17-18-19-20-21-22-23-24-26-28-34-38-41(44)45-39(36-32-29-30-33-37-40(42)43)35-31-27-25-12-10-8-6-4-2/h12,25,31,35,39H,3-11,13-24,26-30,32-34,36-38H2,1-2H3,(H,42,43)/b25-12-,35-31-. The molecule has 0 aliphatic carbocycles. The van der Waals surface area contributed by atoms with Gasteiger partial charge in [0, 0.05) is 12.8 Å². The van der Waals surface area contributed by atoms with Crippen LogP contribution in [0.1, 0.15) is 219 Å². The highest BCUT2D eigenvalue weighted by atomic mass is 16.5. The first-order valence-electron chi connectivity index (χ1n) is 19.8. The summed E-state index contributed by atoms with van der Waals surface area (Å²) in [6.07, 6.45) is 46.5. The van der Waals surface area contributed by atoms with Gasteiger partial charge >= 0.3 is 11.9 Å². The SMILES string of the molecule is CCCCC/C=C\C/C=C\C(CCCCCCC(=O)O)OC(=O)CCCCCCCCCCCCCCCCCCCCCC. The largest absolute Gasteiger partial charge is 0.481 e. The van der Waals surface area contributed by atoms with Crippen LogP contribution in [-0.4, -0.2) is 23.1 Å².